The van der Waals surface area contributed by atoms with Crippen molar-refractivity contribution in [3.63, 3.8) is 0 Å². The molecule has 0 aliphatic heterocycles. The van der Waals surface area contributed by atoms with Crippen molar-refractivity contribution < 1.29 is 8.81 Å². The van der Waals surface area contributed by atoms with Crippen LogP contribution >= 0.6 is 15.9 Å². The Balaban J connectivity index is 2.49. The molecule has 0 saturated carbocycles. The van der Waals surface area contributed by atoms with E-state index in [0.717, 1.165) is 4.47 Å². The minimum atomic E-state index is -0.322. The summed E-state index contributed by atoms with van der Waals surface area (Å²) in [6.07, 6.45) is 1.32. The number of hydrogen-bond acceptors (Lipinski definition) is 3. The van der Waals surface area contributed by atoms with Crippen molar-refractivity contribution in [3.8, 4) is 11.3 Å². The van der Waals surface area contributed by atoms with Gasteiger partial charge in [-0.05, 0) is 25.2 Å². The second-order valence-electron chi connectivity index (χ2n) is 3.28. The van der Waals surface area contributed by atoms with Gasteiger partial charge in [0.2, 0.25) is 0 Å². The third-order valence-electron chi connectivity index (χ3n) is 2.16. The molecule has 0 amide bonds. The van der Waals surface area contributed by atoms with Crippen LogP contribution < -0.4 is 5.32 Å². The van der Waals surface area contributed by atoms with E-state index >= 15 is 0 Å². The van der Waals surface area contributed by atoms with Gasteiger partial charge in [0.25, 0.3) is 0 Å². The van der Waals surface area contributed by atoms with Gasteiger partial charge in [0.05, 0.1) is 5.56 Å². The summed E-state index contributed by atoms with van der Waals surface area (Å²) in [6.45, 7) is 0.539. The Labute approximate surface area is 101 Å². The number of rotatable bonds is 3. The van der Waals surface area contributed by atoms with Gasteiger partial charge in [-0.25, -0.2) is 9.37 Å². The maximum absolute atomic E-state index is 13.6. The van der Waals surface area contributed by atoms with Crippen LogP contribution in [0.3, 0.4) is 0 Å². The second-order valence-corrected chi connectivity index (χ2v) is 4.20. The Morgan fingerprint density at radius 3 is 3.06 bits per heavy atom. The Morgan fingerprint density at radius 2 is 2.31 bits per heavy atom. The van der Waals surface area contributed by atoms with Crippen molar-refractivity contribution in [2.45, 2.75) is 6.54 Å². The first-order valence-electron chi connectivity index (χ1n) is 4.74. The highest BCUT2D eigenvalue weighted by Gasteiger charge is 2.14. The summed E-state index contributed by atoms with van der Waals surface area (Å²) in [4.78, 5) is 4.04. The molecule has 0 aliphatic rings. The summed E-state index contributed by atoms with van der Waals surface area (Å²) in [5, 5.41) is 2.96. The fourth-order valence-electron chi connectivity index (χ4n) is 1.45. The maximum Gasteiger partial charge on any atom is 0.181 e. The lowest BCUT2D eigenvalue weighted by Crippen LogP contribution is -2.06. The monoisotopic (exact) mass is 284 g/mol. The highest BCUT2D eigenvalue weighted by atomic mass is 79.9. The number of benzene rings is 1. The van der Waals surface area contributed by atoms with Gasteiger partial charge in [0.15, 0.2) is 12.2 Å². The summed E-state index contributed by atoms with van der Waals surface area (Å²) in [5.41, 5.74) is 1.11. The van der Waals surface area contributed by atoms with Gasteiger partial charge in [0.1, 0.15) is 11.5 Å². The summed E-state index contributed by atoms with van der Waals surface area (Å²) >= 11 is 3.30. The van der Waals surface area contributed by atoms with Crippen LogP contribution in [0.15, 0.2) is 33.5 Å². The number of oxazole rings is 1. The largest absolute Gasteiger partial charge is 0.443 e. The minimum Gasteiger partial charge on any atom is -0.443 e. The maximum atomic E-state index is 13.6. The van der Waals surface area contributed by atoms with Crippen molar-refractivity contribution in [1.29, 1.82) is 0 Å². The normalized spacial score (nSPS) is 10.7. The van der Waals surface area contributed by atoms with Gasteiger partial charge < -0.3 is 9.73 Å². The molecule has 0 fully saturated rings. The molecule has 0 spiro atoms. The van der Waals surface area contributed by atoms with Gasteiger partial charge in [-0.3, -0.25) is 0 Å². The fourth-order valence-corrected chi connectivity index (χ4v) is 1.81. The van der Waals surface area contributed by atoms with Gasteiger partial charge in [0, 0.05) is 11.0 Å². The van der Waals surface area contributed by atoms with E-state index in [1.54, 1.807) is 19.2 Å². The smallest absolute Gasteiger partial charge is 0.181 e. The van der Waals surface area contributed by atoms with E-state index in [1.807, 2.05) is 0 Å². The second kappa shape index (κ2) is 4.76. The molecule has 84 valence electrons. The zero-order valence-corrected chi connectivity index (χ0v) is 10.2. The molecule has 0 radical (unpaired) electrons. The summed E-state index contributed by atoms with van der Waals surface area (Å²) in [6, 6.07) is 4.72. The summed E-state index contributed by atoms with van der Waals surface area (Å²) < 4.78 is 19.7. The number of halogens is 2. The molecule has 0 unspecified atom stereocenters. The Bertz CT molecular complexity index is 498. The highest BCUT2D eigenvalue weighted by molar-refractivity contribution is 9.10. The van der Waals surface area contributed by atoms with E-state index in [2.05, 4.69) is 26.2 Å². The number of nitrogens with zero attached hydrogens (tertiary/aromatic N) is 1. The molecule has 0 aliphatic carbocycles. The van der Waals surface area contributed by atoms with Gasteiger partial charge in [-0.15, -0.1) is 0 Å². The third-order valence-corrected chi connectivity index (χ3v) is 2.65. The van der Waals surface area contributed by atoms with Crippen LogP contribution in [0.4, 0.5) is 4.39 Å². The van der Waals surface area contributed by atoms with Gasteiger partial charge in [-0.2, -0.15) is 0 Å². The van der Waals surface area contributed by atoms with Crippen molar-refractivity contribution in [2.75, 3.05) is 7.05 Å². The SMILES string of the molecule is CNCc1ncoc1-c1cc(Br)ccc1F. The lowest BCUT2D eigenvalue weighted by atomic mass is 10.1. The zero-order valence-electron chi connectivity index (χ0n) is 8.63. The molecule has 1 heterocycles. The van der Waals surface area contributed by atoms with Crippen molar-refractivity contribution in [1.82, 2.24) is 10.3 Å². The van der Waals surface area contributed by atoms with Crippen LogP contribution in [-0.2, 0) is 6.54 Å². The number of aromatic nitrogens is 1. The first-order chi connectivity index (χ1) is 7.72. The Morgan fingerprint density at radius 1 is 1.50 bits per heavy atom. The Hall–Kier alpha value is -1.20. The molecular weight excluding hydrogens is 275 g/mol. The van der Waals surface area contributed by atoms with Crippen LogP contribution in [0.2, 0.25) is 0 Å². The van der Waals surface area contributed by atoms with Crippen LogP contribution in [0.5, 0.6) is 0 Å². The zero-order chi connectivity index (χ0) is 11.5. The molecule has 2 aromatic rings. The van der Waals surface area contributed by atoms with E-state index in [-0.39, 0.29) is 5.82 Å². The van der Waals surface area contributed by atoms with Gasteiger partial charge in [-0.1, -0.05) is 15.9 Å². The standard InChI is InChI=1S/C11H10BrFN2O/c1-14-5-10-11(16-6-15-10)8-4-7(12)2-3-9(8)13/h2-4,6,14H,5H2,1H3. The first kappa shape index (κ1) is 11.3. The average Bonchev–Trinajstić information content (AvgIpc) is 2.70. The van der Waals surface area contributed by atoms with Crippen molar-refractivity contribution in [2.24, 2.45) is 0 Å². The highest BCUT2D eigenvalue weighted by Crippen LogP contribution is 2.28. The molecule has 0 atom stereocenters. The number of hydrogen-bond donors (Lipinski definition) is 1. The molecule has 2 rings (SSSR count). The molecule has 5 heteroatoms. The third kappa shape index (κ3) is 2.15. The van der Waals surface area contributed by atoms with Crippen molar-refractivity contribution >= 4 is 15.9 Å². The molecular formula is C11H10BrFN2O. The number of nitrogens with one attached hydrogen (secondary N) is 1. The molecule has 0 bridgehead atoms. The van der Waals surface area contributed by atoms with Crippen LogP contribution in [0, 0.1) is 5.82 Å². The van der Waals surface area contributed by atoms with Crippen molar-refractivity contribution in [3.05, 3.63) is 40.6 Å². The van der Waals surface area contributed by atoms with E-state index in [0.29, 0.717) is 23.6 Å². The van der Waals surface area contributed by atoms with Crippen LogP contribution in [0.1, 0.15) is 5.69 Å². The lowest BCUT2D eigenvalue weighted by molar-refractivity contribution is 0.559. The van der Waals surface area contributed by atoms with E-state index in [1.165, 1.54) is 12.5 Å². The summed E-state index contributed by atoms with van der Waals surface area (Å²) in [5.74, 6) is 0.144. The van der Waals surface area contributed by atoms with E-state index in [9.17, 15) is 4.39 Å². The molecule has 3 nitrogen and oxygen atoms in total. The predicted molar refractivity (Wildman–Crippen MR) is 62.4 cm³/mol. The van der Waals surface area contributed by atoms with Gasteiger partial charge >= 0.3 is 0 Å². The first-order valence-corrected chi connectivity index (χ1v) is 5.54. The Kier molecular flexibility index (Phi) is 3.36. The minimum absolute atomic E-state index is 0.322. The molecule has 1 aromatic carbocycles. The van der Waals surface area contributed by atoms with E-state index in [4.69, 9.17) is 4.42 Å². The average molecular weight is 285 g/mol. The van der Waals surface area contributed by atoms with E-state index < -0.39 is 0 Å². The lowest BCUT2D eigenvalue weighted by Gasteiger charge is -2.03. The summed E-state index contributed by atoms with van der Waals surface area (Å²) in [7, 11) is 1.80. The van der Waals surface area contributed by atoms with Crippen LogP contribution in [0.25, 0.3) is 11.3 Å². The molecule has 16 heavy (non-hydrogen) atoms. The van der Waals surface area contributed by atoms with Crippen LogP contribution in [-0.4, -0.2) is 12.0 Å². The molecule has 1 aromatic heterocycles. The predicted octanol–water partition coefficient (Wildman–Crippen LogP) is 2.96. The molecule has 0 saturated heterocycles. The topological polar surface area (TPSA) is 38.1 Å². The fraction of sp³-hybridized carbons (Fsp3) is 0.182. The molecule has 1 N–H and O–H groups in total. The quantitative estimate of drug-likeness (QED) is 0.942.